The van der Waals surface area contributed by atoms with Crippen LogP contribution in [0.15, 0.2) is 49.1 Å². The minimum atomic E-state index is -0.416. The summed E-state index contributed by atoms with van der Waals surface area (Å²) in [5.41, 5.74) is 3.71. The Kier molecular flexibility index (Phi) is 6.29. The Labute approximate surface area is 229 Å². The van der Waals surface area contributed by atoms with Crippen molar-refractivity contribution in [1.29, 1.82) is 0 Å². The second-order valence-corrected chi connectivity index (χ2v) is 11.5. The van der Waals surface area contributed by atoms with Crippen LogP contribution >= 0.6 is 0 Å². The van der Waals surface area contributed by atoms with Gasteiger partial charge in [0, 0.05) is 55.2 Å². The van der Waals surface area contributed by atoms with Crippen LogP contribution in [0.4, 0.5) is 0 Å². The Bertz CT molecular complexity index is 1380. The Balaban J connectivity index is 1.39. The molecule has 1 amide bonds. The van der Waals surface area contributed by atoms with Gasteiger partial charge in [-0.1, -0.05) is 35.9 Å². The number of hydrogen-bond acceptors (Lipinski definition) is 6. The molecular formula is C32H36N2O5. The molecule has 5 atom stereocenters. The quantitative estimate of drug-likeness (QED) is 0.259. The number of amides is 1. The average Bonchev–Trinajstić information content (AvgIpc) is 3.24. The van der Waals surface area contributed by atoms with Gasteiger partial charge in [0.05, 0.1) is 6.04 Å². The lowest BCUT2D eigenvalue weighted by Crippen LogP contribution is -2.68. The molecule has 2 aliphatic heterocycles. The van der Waals surface area contributed by atoms with Crippen LogP contribution in [0, 0.1) is 12.8 Å². The Morgan fingerprint density at radius 1 is 1.31 bits per heavy atom. The number of esters is 1. The summed E-state index contributed by atoms with van der Waals surface area (Å²) in [5, 5.41) is 11.1. The number of phenols is 1. The summed E-state index contributed by atoms with van der Waals surface area (Å²) in [6.07, 6.45) is 8.48. The van der Waals surface area contributed by atoms with Crippen molar-refractivity contribution in [2.24, 2.45) is 5.92 Å². The fraction of sp³-hybridized carbons (Fsp3) is 0.438. The molecule has 0 radical (unpaired) electrons. The molecule has 204 valence electrons. The molecule has 2 aromatic rings. The molecule has 2 heterocycles. The number of aryl methyl sites for hydroxylation is 1. The second kappa shape index (κ2) is 9.56. The molecule has 2 aliphatic carbocycles. The molecule has 2 bridgehead atoms. The minimum absolute atomic E-state index is 0.00781. The fourth-order valence-corrected chi connectivity index (χ4v) is 7.91. The van der Waals surface area contributed by atoms with E-state index >= 15 is 0 Å². The zero-order chi connectivity index (χ0) is 27.5. The second-order valence-electron chi connectivity index (χ2n) is 11.5. The maximum atomic E-state index is 13.4. The van der Waals surface area contributed by atoms with E-state index in [1.807, 2.05) is 49.2 Å². The topological polar surface area (TPSA) is 79.3 Å². The van der Waals surface area contributed by atoms with E-state index in [0.29, 0.717) is 17.4 Å². The predicted octanol–water partition coefficient (Wildman–Crippen LogP) is 4.39. The average molecular weight is 529 g/mol. The SMILES string of the molecule is C=CCN1CC[C@]23c4c5c(OC(C)=O)cc(O)c4O[C@H]2[C@H](N(C)C(=O)C=Cc2cccc(C)c2)CC[C@H]3[C@H]1C5. The van der Waals surface area contributed by atoms with Crippen LogP contribution in [0.2, 0.25) is 0 Å². The van der Waals surface area contributed by atoms with Gasteiger partial charge in [0.1, 0.15) is 11.9 Å². The molecular weight excluding hydrogens is 492 g/mol. The highest BCUT2D eigenvalue weighted by Crippen LogP contribution is 2.65. The number of benzene rings is 2. The van der Waals surface area contributed by atoms with Gasteiger partial charge in [-0.3, -0.25) is 14.5 Å². The van der Waals surface area contributed by atoms with Gasteiger partial charge in [-0.2, -0.15) is 0 Å². The van der Waals surface area contributed by atoms with Crippen LogP contribution in [-0.4, -0.2) is 65.1 Å². The van der Waals surface area contributed by atoms with Crippen molar-refractivity contribution >= 4 is 18.0 Å². The Hall–Kier alpha value is -3.58. The number of rotatable bonds is 6. The fourth-order valence-electron chi connectivity index (χ4n) is 7.91. The molecule has 7 nitrogen and oxygen atoms in total. The highest BCUT2D eigenvalue weighted by molar-refractivity contribution is 5.92. The normalized spacial score (nSPS) is 28.5. The lowest BCUT2D eigenvalue weighted by molar-refractivity contribution is -0.135. The first-order chi connectivity index (χ1) is 18.7. The van der Waals surface area contributed by atoms with Gasteiger partial charge in [-0.25, -0.2) is 0 Å². The summed E-state index contributed by atoms with van der Waals surface area (Å²) in [6, 6.07) is 9.66. The Morgan fingerprint density at radius 3 is 2.87 bits per heavy atom. The van der Waals surface area contributed by atoms with Gasteiger partial charge in [-0.15, -0.1) is 6.58 Å². The minimum Gasteiger partial charge on any atom is -0.504 e. The summed E-state index contributed by atoms with van der Waals surface area (Å²) >= 11 is 0. The van der Waals surface area contributed by atoms with Crippen molar-refractivity contribution in [3.63, 3.8) is 0 Å². The zero-order valence-electron chi connectivity index (χ0n) is 22.9. The third-order valence-electron chi connectivity index (χ3n) is 9.41. The van der Waals surface area contributed by atoms with E-state index in [1.54, 1.807) is 6.08 Å². The molecule has 2 fully saturated rings. The van der Waals surface area contributed by atoms with Crippen LogP contribution in [0.3, 0.4) is 0 Å². The number of hydrogen-bond donors (Lipinski definition) is 1. The summed E-state index contributed by atoms with van der Waals surface area (Å²) in [4.78, 5) is 29.7. The molecule has 1 spiro atoms. The number of piperidine rings is 1. The highest BCUT2D eigenvalue weighted by Gasteiger charge is 2.66. The number of phenolic OH excluding ortho intramolecular Hbond substituents is 1. The summed E-state index contributed by atoms with van der Waals surface area (Å²) < 4.78 is 12.3. The van der Waals surface area contributed by atoms with E-state index in [0.717, 1.165) is 61.0 Å². The number of aromatic hydroxyl groups is 1. The van der Waals surface area contributed by atoms with Crippen molar-refractivity contribution in [3.8, 4) is 17.2 Å². The van der Waals surface area contributed by atoms with Gasteiger partial charge >= 0.3 is 5.97 Å². The summed E-state index contributed by atoms with van der Waals surface area (Å²) in [7, 11) is 1.86. The number of likely N-dealkylation sites (tertiary alicyclic amines) is 1. The van der Waals surface area contributed by atoms with Gasteiger partial charge < -0.3 is 19.5 Å². The molecule has 0 aromatic heterocycles. The summed E-state index contributed by atoms with van der Waals surface area (Å²) in [6.45, 7) is 9.06. The predicted molar refractivity (Wildman–Crippen MR) is 149 cm³/mol. The third kappa shape index (κ3) is 3.97. The van der Waals surface area contributed by atoms with Crippen LogP contribution in [0.5, 0.6) is 17.2 Å². The maximum absolute atomic E-state index is 13.4. The first-order valence-electron chi connectivity index (χ1n) is 13.9. The number of carbonyl (C=O) groups excluding carboxylic acids is 2. The standard InChI is InChI=1S/C32H36N2O5/c1-5-14-34-15-13-32-23-10-11-24(33(4)28(37)12-9-21-8-6-7-19(2)16-21)31(32)39-30-26(36)18-27(38-20(3)35)22(29(30)32)17-25(23)34/h5-9,12,16,18,23-25,31,36H,1,10-11,13-15,17H2,2-4H3/t23-,24+,25+,31-,32-/m0/s1. The van der Waals surface area contributed by atoms with Gasteiger partial charge in [-0.05, 0) is 56.7 Å². The van der Waals surface area contributed by atoms with Crippen molar-refractivity contribution in [1.82, 2.24) is 9.80 Å². The molecule has 6 rings (SSSR count). The Morgan fingerprint density at radius 2 is 2.13 bits per heavy atom. The van der Waals surface area contributed by atoms with Crippen molar-refractivity contribution in [3.05, 3.63) is 71.3 Å². The maximum Gasteiger partial charge on any atom is 0.308 e. The molecule has 1 N–H and O–H groups in total. The summed E-state index contributed by atoms with van der Waals surface area (Å²) in [5.74, 6) is 0.720. The molecule has 1 saturated carbocycles. The number of nitrogens with zero attached hydrogens (tertiary/aromatic N) is 2. The molecule has 7 heteroatoms. The van der Waals surface area contributed by atoms with Gasteiger partial charge in [0.15, 0.2) is 11.5 Å². The monoisotopic (exact) mass is 528 g/mol. The van der Waals surface area contributed by atoms with E-state index in [9.17, 15) is 14.7 Å². The lowest BCUT2D eigenvalue weighted by Gasteiger charge is -2.60. The van der Waals surface area contributed by atoms with Crippen molar-refractivity contribution < 1.29 is 24.2 Å². The largest absolute Gasteiger partial charge is 0.504 e. The first kappa shape index (κ1) is 25.7. The zero-order valence-corrected chi connectivity index (χ0v) is 22.9. The molecule has 1 saturated heterocycles. The molecule has 39 heavy (non-hydrogen) atoms. The first-order valence-corrected chi connectivity index (χ1v) is 13.9. The van der Waals surface area contributed by atoms with Crippen LogP contribution < -0.4 is 9.47 Å². The van der Waals surface area contributed by atoms with Gasteiger partial charge in [0.2, 0.25) is 5.91 Å². The number of likely N-dealkylation sites (N-methyl/N-ethyl adjacent to an activating group) is 1. The smallest absolute Gasteiger partial charge is 0.308 e. The van der Waals surface area contributed by atoms with E-state index < -0.39 is 5.97 Å². The van der Waals surface area contributed by atoms with E-state index in [2.05, 4.69) is 17.5 Å². The van der Waals surface area contributed by atoms with E-state index in [-0.39, 0.29) is 35.3 Å². The number of ether oxygens (including phenoxy) is 2. The number of carbonyl (C=O) groups is 2. The van der Waals surface area contributed by atoms with Crippen LogP contribution in [0.25, 0.3) is 6.08 Å². The van der Waals surface area contributed by atoms with E-state index in [4.69, 9.17) is 9.47 Å². The lowest BCUT2D eigenvalue weighted by atomic mass is 9.51. The van der Waals surface area contributed by atoms with Crippen molar-refractivity contribution in [2.75, 3.05) is 20.1 Å². The third-order valence-corrected chi connectivity index (χ3v) is 9.41. The molecule has 4 aliphatic rings. The molecule has 2 aromatic carbocycles. The highest BCUT2D eigenvalue weighted by atomic mass is 16.5. The van der Waals surface area contributed by atoms with Crippen LogP contribution in [0.1, 0.15) is 48.4 Å². The molecule has 0 unspecified atom stereocenters. The van der Waals surface area contributed by atoms with E-state index in [1.165, 1.54) is 13.0 Å². The van der Waals surface area contributed by atoms with Crippen LogP contribution in [-0.2, 0) is 21.4 Å². The van der Waals surface area contributed by atoms with Gasteiger partial charge in [0.25, 0.3) is 0 Å². The van der Waals surface area contributed by atoms with Crippen molar-refractivity contribution in [2.45, 2.75) is 63.1 Å².